The van der Waals surface area contributed by atoms with Crippen LogP contribution in [0.2, 0.25) is 0 Å². The summed E-state index contributed by atoms with van der Waals surface area (Å²) >= 11 is 1.25. The van der Waals surface area contributed by atoms with E-state index in [9.17, 15) is 4.79 Å². The van der Waals surface area contributed by atoms with Crippen LogP contribution in [0.1, 0.15) is 5.56 Å². The zero-order valence-electron chi connectivity index (χ0n) is 14.8. The normalized spacial score (nSPS) is 11.1. The molecular formula is C20H16N6OS. The Morgan fingerprint density at radius 2 is 1.82 bits per heavy atom. The van der Waals surface area contributed by atoms with E-state index in [1.807, 2.05) is 72.8 Å². The van der Waals surface area contributed by atoms with Crippen molar-refractivity contribution in [1.29, 1.82) is 0 Å². The van der Waals surface area contributed by atoms with E-state index in [0.29, 0.717) is 5.16 Å². The van der Waals surface area contributed by atoms with Crippen LogP contribution in [0.3, 0.4) is 0 Å². The predicted octanol–water partition coefficient (Wildman–Crippen LogP) is 3.06. The molecule has 0 unspecified atom stereocenters. The summed E-state index contributed by atoms with van der Waals surface area (Å²) in [4.78, 5) is 12.1. The Morgan fingerprint density at radius 1 is 1.04 bits per heavy atom. The number of rotatable bonds is 6. The second-order valence-corrected chi connectivity index (χ2v) is 6.81. The van der Waals surface area contributed by atoms with Gasteiger partial charge in [-0.25, -0.2) is 5.43 Å². The highest BCUT2D eigenvalue weighted by atomic mass is 32.2. The standard InChI is InChI=1S/C20H16N6OS/c27-19(22-21-13-15-7-2-1-3-8-15)14-28-20-23-24-25-26(20)18-12-6-10-16-9-4-5-11-17(16)18/h1-13H,14H2,(H,22,27)/b21-13+. The molecule has 28 heavy (non-hydrogen) atoms. The molecule has 0 atom stereocenters. The first-order chi connectivity index (χ1) is 13.8. The van der Waals surface area contributed by atoms with Gasteiger partial charge >= 0.3 is 0 Å². The van der Waals surface area contributed by atoms with Gasteiger partial charge in [-0.15, -0.1) is 5.10 Å². The van der Waals surface area contributed by atoms with Crippen LogP contribution in [-0.4, -0.2) is 38.1 Å². The third-order valence-corrected chi connectivity index (χ3v) is 4.89. The summed E-state index contributed by atoms with van der Waals surface area (Å²) in [7, 11) is 0. The third-order valence-electron chi connectivity index (χ3n) is 3.97. The summed E-state index contributed by atoms with van der Waals surface area (Å²) in [6, 6.07) is 23.5. The number of thioether (sulfide) groups is 1. The summed E-state index contributed by atoms with van der Waals surface area (Å²) in [5.74, 6) is -0.0817. The number of hydrogen-bond acceptors (Lipinski definition) is 6. The van der Waals surface area contributed by atoms with Crippen LogP contribution in [0.5, 0.6) is 0 Å². The Bertz CT molecular complexity index is 1120. The zero-order chi connectivity index (χ0) is 19.2. The lowest BCUT2D eigenvalue weighted by atomic mass is 10.1. The molecule has 1 amide bonds. The van der Waals surface area contributed by atoms with Crippen LogP contribution in [0.25, 0.3) is 16.5 Å². The van der Waals surface area contributed by atoms with Crippen LogP contribution in [0, 0.1) is 0 Å². The van der Waals surface area contributed by atoms with E-state index >= 15 is 0 Å². The van der Waals surface area contributed by atoms with Gasteiger partial charge in [-0.2, -0.15) is 9.78 Å². The molecule has 3 aromatic carbocycles. The molecule has 4 rings (SSSR count). The maximum Gasteiger partial charge on any atom is 0.250 e. The first kappa shape index (κ1) is 17.9. The second kappa shape index (κ2) is 8.45. The number of aromatic nitrogens is 4. The average molecular weight is 388 g/mol. The van der Waals surface area contributed by atoms with Crippen molar-refractivity contribution >= 4 is 34.7 Å². The molecule has 8 heteroatoms. The zero-order valence-corrected chi connectivity index (χ0v) is 15.6. The van der Waals surface area contributed by atoms with Crippen molar-refractivity contribution in [3.63, 3.8) is 0 Å². The number of fused-ring (bicyclic) bond motifs is 1. The van der Waals surface area contributed by atoms with Gasteiger partial charge in [-0.05, 0) is 27.4 Å². The van der Waals surface area contributed by atoms with Crippen molar-refractivity contribution in [3.8, 4) is 5.69 Å². The Balaban J connectivity index is 1.43. The fourth-order valence-electron chi connectivity index (χ4n) is 2.69. The summed E-state index contributed by atoms with van der Waals surface area (Å²) in [6.45, 7) is 0. The molecule has 1 aromatic heterocycles. The van der Waals surface area contributed by atoms with Crippen molar-refractivity contribution in [3.05, 3.63) is 78.4 Å². The molecule has 0 saturated carbocycles. The molecule has 0 saturated heterocycles. The molecular weight excluding hydrogens is 372 g/mol. The molecule has 0 bridgehead atoms. The number of hydrazone groups is 1. The van der Waals surface area contributed by atoms with Crippen molar-refractivity contribution in [2.75, 3.05) is 5.75 Å². The Labute approximate surface area is 165 Å². The molecule has 0 fully saturated rings. The van der Waals surface area contributed by atoms with Crippen molar-refractivity contribution in [2.45, 2.75) is 5.16 Å². The fraction of sp³-hybridized carbons (Fsp3) is 0.0500. The van der Waals surface area contributed by atoms with Gasteiger partial charge in [0.15, 0.2) is 0 Å². The first-order valence-corrected chi connectivity index (χ1v) is 9.56. The van der Waals surface area contributed by atoms with E-state index in [-0.39, 0.29) is 11.7 Å². The molecule has 0 radical (unpaired) electrons. The third kappa shape index (κ3) is 4.07. The van der Waals surface area contributed by atoms with Gasteiger partial charge in [0.05, 0.1) is 17.7 Å². The maximum absolute atomic E-state index is 12.1. The highest BCUT2D eigenvalue weighted by Crippen LogP contribution is 2.25. The molecule has 0 spiro atoms. The van der Waals surface area contributed by atoms with E-state index in [4.69, 9.17) is 0 Å². The van der Waals surface area contributed by atoms with Crippen LogP contribution >= 0.6 is 11.8 Å². The second-order valence-electron chi connectivity index (χ2n) is 5.86. The minimum atomic E-state index is -0.232. The molecule has 1 heterocycles. The van der Waals surface area contributed by atoms with Gasteiger partial charge in [0.25, 0.3) is 5.91 Å². The average Bonchev–Trinajstić information content (AvgIpc) is 3.21. The van der Waals surface area contributed by atoms with Crippen molar-refractivity contribution < 1.29 is 4.79 Å². The van der Waals surface area contributed by atoms with Crippen LogP contribution in [-0.2, 0) is 4.79 Å². The van der Waals surface area contributed by atoms with E-state index in [2.05, 4.69) is 26.1 Å². The Hall–Kier alpha value is -3.52. The highest BCUT2D eigenvalue weighted by molar-refractivity contribution is 7.99. The fourth-order valence-corrected chi connectivity index (χ4v) is 3.37. The lowest BCUT2D eigenvalue weighted by molar-refractivity contribution is -0.118. The Kier molecular flexibility index (Phi) is 5.39. The largest absolute Gasteiger partial charge is 0.272 e. The lowest BCUT2D eigenvalue weighted by Crippen LogP contribution is -2.20. The summed E-state index contributed by atoms with van der Waals surface area (Å²) < 4.78 is 1.65. The van der Waals surface area contributed by atoms with E-state index < -0.39 is 0 Å². The number of nitrogens with one attached hydrogen (secondary N) is 1. The quantitative estimate of drug-likeness (QED) is 0.312. The molecule has 0 aliphatic carbocycles. The number of benzene rings is 3. The SMILES string of the molecule is O=C(CSc1nnnn1-c1cccc2ccccc12)N/N=C/c1ccccc1. The summed E-state index contributed by atoms with van der Waals surface area (Å²) in [6.07, 6.45) is 1.60. The van der Waals surface area contributed by atoms with E-state index in [1.54, 1.807) is 10.9 Å². The first-order valence-electron chi connectivity index (χ1n) is 8.57. The number of tetrazole rings is 1. The molecule has 138 valence electrons. The van der Waals surface area contributed by atoms with Gasteiger partial charge in [-0.1, -0.05) is 78.5 Å². The minimum Gasteiger partial charge on any atom is -0.272 e. The number of nitrogens with zero attached hydrogens (tertiary/aromatic N) is 5. The maximum atomic E-state index is 12.1. The number of carbonyl (C=O) groups is 1. The summed E-state index contributed by atoms with van der Waals surface area (Å²) in [5, 5.41) is 18.5. The lowest BCUT2D eigenvalue weighted by Gasteiger charge is -2.07. The van der Waals surface area contributed by atoms with Gasteiger partial charge in [0.1, 0.15) is 0 Å². The Morgan fingerprint density at radius 3 is 2.71 bits per heavy atom. The molecule has 0 aliphatic rings. The number of hydrogen-bond donors (Lipinski definition) is 1. The van der Waals surface area contributed by atoms with Gasteiger partial charge in [0, 0.05) is 5.39 Å². The predicted molar refractivity (Wildman–Crippen MR) is 110 cm³/mol. The molecule has 0 aliphatic heterocycles. The molecule has 7 nitrogen and oxygen atoms in total. The topological polar surface area (TPSA) is 85.1 Å². The summed E-state index contributed by atoms with van der Waals surface area (Å²) in [5.41, 5.74) is 4.30. The van der Waals surface area contributed by atoms with Crippen LogP contribution < -0.4 is 5.43 Å². The minimum absolute atomic E-state index is 0.150. The monoisotopic (exact) mass is 388 g/mol. The van der Waals surface area contributed by atoms with Crippen LogP contribution in [0.4, 0.5) is 0 Å². The van der Waals surface area contributed by atoms with Gasteiger partial charge in [0.2, 0.25) is 5.16 Å². The van der Waals surface area contributed by atoms with E-state index in [1.165, 1.54) is 11.8 Å². The van der Waals surface area contributed by atoms with E-state index in [0.717, 1.165) is 22.0 Å². The number of amides is 1. The number of carbonyl (C=O) groups excluding carboxylic acids is 1. The van der Waals surface area contributed by atoms with Crippen LogP contribution in [0.15, 0.2) is 83.1 Å². The van der Waals surface area contributed by atoms with Gasteiger partial charge < -0.3 is 0 Å². The molecule has 4 aromatic rings. The van der Waals surface area contributed by atoms with Crippen molar-refractivity contribution in [1.82, 2.24) is 25.6 Å². The van der Waals surface area contributed by atoms with Crippen molar-refractivity contribution in [2.24, 2.45) is 5.10 Å². The van der Waals surface area contributed by atoms with Gasteiger partial charge in [-0.3, -0.25) is 4.79 Å². The highest BCUT2D eigenvalue weighted by Gasteiger charge is 2.13. The smallest absolute Gasteiger partial charge is 0.250 e. The molecule has 1 N–H and O–H groups in total.